The van der Waals surface area contributed by atoms with Crippen LogP contribution in [0, 0.1) is 0 Å². The molecule has 0 radical (unpaired) electrons. The standard InChI is InChI=1S/C12H16N2Si/c1-12(2,14-9-8-13-10-14)15-11-6-4-3-5-7-11/h3-10H,15H2,1-2H3. The highest BCUT2D eigenvalue weighted by molar-refractivity contribution is 6.55. The van der Waals surface area contributed by atoms with Gasteiger partial charge in [0.25, 0.3) is 0 Å². The second-order valence-electron chi connectivity index (χ2n) is 4.44. The van der Waals surface area contributed by atoms with Gasteiger partial charge in [-0.1, -0.05) is 35.5 Å². The molecular weight excluding hydrogens is 200 g/mol. The minimum atomic E-state index is -0.329. The van der Waals surface area contributed by atoms with Gasteiger partial charge in [-0.15, -0.1) is 0 Å². The average Bonchev–Trinajstić information content (AvgIpc) is 2.71. The summed E-state index contributed by atoms with van der Waals surface area (Å²) in [7, 11) is -0.329. The van der Waals surface area contributed by atoms with E-state index in [-0.39, 0.29) is 14.7 Å². The molecule has 0 aliphatic carbocycles. The molecule has 2 aromatic rings. The molecule has 2 rings (SSSR count). The minimum absolute atomic E-state index is 0.220. The molecule has 0 unspecified atom stereocenters. The van der Waals surface area contributed by atoms with Crippen LogP contribution in [0.1, 0.15) is 13.8 Å². The maximum atomic E-state index is 4.12. The molecular formula is C12H16N2Si. The molecule has 0 spiro atoms. The van der Waals surface area contributed by atoms with Gasteiger partial charge in [0.05, 0.1) is 15.8 Å². The molecule has 0 saturated heterocycles. The van der Waals surface area contributed by atoms with Crippen LogP contribution in [0.5, 0.6) is 0 Å². The van der Waals surface area contributed by atoms with Gasteiger partial charge in [-0.3, -0.25) is 0 Å². The first-order valence-electron chi connectivity index (χ1n) is 5.21. The summed E-state index contributed by atoms with van der Waals surface area (Å²) < 4.78 is 2.21. The maximum Gasteiger partial charge on any atom is 0.0947 e. The monoisotopic (exact) mass is 216 g/mol. The smallest absolute Gasteiger partial charge is 0.0947 e. The second kappa shape index (κ2) is 4.02. The van der Waals surface area contributed by atoms with E-state index in [4.69, 9.17) is 0 Å². The third-order valence-corrected chi connectivity index (χ3v) is 4.79. The fourth-order valence-corrected chi connectivity index (χ4v) is 3.68. The van der Waals surface area contributed by atoms with Crippen molar-refractivity contribution in [1.29, 1.82) is 0 Å². The predicted octanol–water partition coefficient (Wildman–Crippen LogP) is 1.07. The lowest BCUT2D eigenvalue weighted by Gasteiger charge is -2.26. The highest BCUT2D eigenvalue weighted by Gasteiger charge is 2.20. The van der Waals surface area contributed by atoms with Crippen LogP contribution in [-0.4, -0.2) is 19.1 Å². The molecule has 2 nitrogen and oxygen atoms in total. The van der Waals surface area contributed by atoms with E-state index in [0.29, 0.717) is 0 Å². The Kier molecular flexibility index (Phi) is 2.73. The summed E-state index contributed by atoms with van der Waals surface area (Å²) in [5.74, 6) is 0. The summed E-state index contributed by atoms with van der Waals surface area (Å²) in [5, 5.41) is 1.72. The lowest BCUT2D eigenvalue weighted by molar-refractivity contribution is 0.516. The minimum Gasteiger partial charge on any atom is -0.335 e. The Morgan fingerprint density at radius 1 is 1.20 bits per heavy atom. The lowest BCUT2D eigenvalue weighted by atomic mass is 10.4. The van der Waals surface area contributed by atoms with Crippen molar-refractivity contribution < 1.29 is 0 Å². The first-order chi connectivity index (χ1) is 7.18. The van der Waals surface area contributed by atoms with Crippen molar-refractivity contribution >= 4 is 14.7 Å². The molecule has 0 aliphatic heterocycles. The fourth-order valence-electron chi connectivity index (χ4n) is 1.80. The summed E-state index contributed by atoms with van der Waals surface area (Å²) in [6, 6.07) is 10.8. The van der Waals surface area contributed by atoms with Gasteiger partial charge >= 0.3 is 0 Å². The number of nitrogens with zero attached hydrogens (tertiary/aromatic N) is 2. The zero-order valence-corrected chi connectivity index (χ0v) is 10.6. The second-order valence-corrected chi connectivity index (χ2v) is 7.35. The first-order valence-corrected chi connectivity index (χ1v) is 6.62. The molecule has 0 amide bonds. The zero-order valence-electron chi connectivity index (χ0n) is 9.22. The SMILES string of the molecule is CC(C)([SiH2]c1ccccc1)n1ccnc1. The maximum absolute atomic E-state index is 4.12. The van der Waals surface area contributed by atoms with Gasteiger partial charge in [-0.05, 0) is 13.8 Å². The van der Waals surface area contributed by atoms with Crippen molar-refractivity contribution in [2.45, 2.75) is 19.0 Å². The number of hydrogen-bond acceptors (Lipinski definition) is 1. The lowest BCUT2D eigenvalue weighted by Crippen LogP contribution is -2.39. The van der Waals surface area contributed by atoms with Gasteiger partial charge in [0, 0.05) is 17.6 Å². The number of rotatable bonds is 3. The summed E-state index contributed by atoms with van der Waals surface area (Å²) in [6.07, 6.45) is 5.81. The van der Waals surface area contributed by atoms with Crippen molar-refractivity contribution in [3.05, 3.63) is 49.1 Å². The van der Waals surface area contributed by atoms with Crippen molar-refractivity contribution in [2.24, 2.45) is 0 Å². The van der Waals surface area contributed by atoms with E-state index in [9.17, 15) is 0 Å². The normalized spacial score (nSPS) is 12.4. The number of aromatic nitrogens is 2. The number of benzene rings is 1. The molecule has 1 aromatic heterocycles. The third-order valence-electron chi connectivity index (χ3n) is 2.68. The van der Waals surface area contributed by atoms with Crippen LogP contribution in [0.25, 0.3) is 0 Å². The average molecular weight is 216 g/mol. The Morgan fingerprint density at radius 2 is 1.93 bits per heavy atom. The van der Waals surface area contributed by atoms with Gasteiger partial charge in [0.1, 0.15) is 0 Å². The predicted molar refractivity (Wildman–Crippen MR) is 66.2 cm³/mol. The molecule has 1 aromatic carbocycles. The van der Waals surface area contributed by atoms with E-state index >= 15 is 0 Å². The summed E-state index contributed by atoms with van der Waals surface area (Å²) in [6.45, 7) is 4.57. The molecule has 15 heavy (non-hydrogen) atoms. The van der Waals surface area contributed by atoms with Crippen LogP contribution in [0.2, 0.25) is 0 Å². The zero-order chi connectivity index (χ0) is 10.7. The van der Waals surface area contributed by atoms with Gasteiger partial charge in [0.2, 0.25) is 0 Å². The van der Waals surface area contributed by atoms with Crippen LogP contribution in [0.3, 0.4) is 0 Å². The summed E-state index contributed by atoms with van der Waals surface area (Å²) in [5.41, 5.74) is 0. The van der Waals surface area contributed by atoms with Crippen LogP contribution < -0.4 is 5.19 Å². The molecule has 0 saturated carbocycles. The highest BCUT2D eigenvalue weighted by atomic mass is 28.2. The van der Waals surface area contributed by atoms with Crippen LogP contribution in [0.15, 0.2) is 49.1 Å². The van der Waals surface area contributed by atoms with Crippen LogP contribution in [-0.2, 0) is 5.16 Å². The van der Waals surface area contributed by atoms with Gasteiger partial charge in [0.15, 0.2) is 0 Å². The van der Waals surface area contributed by atoms with Crippen molar-refractivity contribution in [3.63, 3.8) is 0 Å². The van der Waals surface area contributed by atoms with E-state index in [1.807, 2.05) is 12.5 Å². The highest BCUT2D eigenvalue weighted by Crippen LogP contribution is 2.11. The van der Waals surface area contributed by atoms with E-state index < -0.39 is 0 Å². The Bertz CT molecular complexity index is 406. The molecule has 1 heterocycles. The van der Waals surface area contributed by atoms with Gasteiger partial charge in [-0.25, -0.2) is 4.98 Å². The molecule has 0 atom stereocenters. The molecule has 3 heteroatoms. The van der Waals surface area contributed by atoms with Crippen LogP contribution >= 0.6 is 0 Å². The molecule has 0 N–H and O–H groups in total. The Labute approximate surface area is 92.8 Å². The van der Waals surface area contributed by atoms with Crippen LogP contribution in [0.4, 0.5) is 0 Å². The summed E-state index contributed by atoms with van der Waals surface area (Å²) in [4.78, 5) is 4.12. The first kappa shape index (κ1) is 10.2. The van der Waals surface area contributed by atoms with E-state index in [2.05, 4.69) is 59.9 Å². The Morgan fingerprint density at radius 3 is 2.53 bits per heavy atom. The van der Waals surface area contributed by atoms with Crippen molar-refractivity contribution in [1.82, 2.24) is 9.55 Å². The van der Waals surface area contributed by atoms with E-state index in [1.165, 1.54) is 5.19 Å². The van der Waals surface area contributed by atoms with Gasteiger partial charge < -0.3 is 4.57 Å². The topological polar surface area (TPSA) is 17.8 Å². The molecule has 0 aliphatic rings. The van der Waals surface area contributed by atoms with Crippen molar-refractivity contribution in [3.8, 4) is 0 Å². The van der Waals surface area contributed by atoms with E-state index in [1.54, 1.807) is 0 Å². The van der Waals surface area contributed by atoms with E-state index in [0.717, 1.165) is 0 Å². The fraction of sp³-hybridized carbons (Fsp3) is 0.250. The Hall–Kier alpha value is -1.35. The largest absolute Gasteiger partial charge is 0.335 e. The number of imidazole rings is 1. The molecule has 78 valence electrons. The summed E-state index contributed by atoms with van der Waals surface area (Å²) >= 11 is 0. The quantitative estimate of drug-likeness (QED) is 0.702. The van der Waals surface area contributed by atoms with Crippen molar-refractivity contribution in [2.75, 3.05) is 0 Å². The van der Waals surface area contributed by atoms with Gasteiger partial charge in [-0.2, -0.15) is 0 Å². The third kappa shape index (κ3) is 2.36. The molecule has 0 fully saturated rings. The Balaban J connectivity index is 2.18. The number of hydrogen-bond donors (Lipinski definition) is 0. The molecule has 0 bridgehead atoms.